The van der Waals surface area contributed by atoms with Gasteiger partial charge in [0.1, 0.15) is 5.78 Å². The van der Waals surface area contributed by atoms with E-state index in [-0.39, 0.29) is 17.5 Å². The molecule has 0 spiro atoms. The normalized spacial score (nSPS) is 20.1. The van der Waals surface area contributed by atoms with Crippen molar-refractivity contribution in [2.75, 3.05) is 13.1 Å². The van der Waals surface area contributed by atoms with Gasteiger partial charge in [0.2, 0.25) is 5.91 Å². The summed E-state index contributed by atoms with van der Waals surface area (Å²) in [7, 11) is 0. The van der Waals surface area contributed by atoms with E-state index in [4.69, 9.17) is 0 Å². The smallest absolute Gasteiger partial charge is 0.237 e. The molecule has 1 atom stereocenters. The van der Waals surface area contributed by atoms with E-state index < -0.39 is 0 Å². The standard InChI is InChI=1S/C13H24N2O2/c1-5-13(3,4)14-12(17)10(2)15-8-6-11(16)7-9-15/h10H,5-9H2,1-4H3,(H,14,17). The summed E-state index contributed by atoms with van der Waals surface area (Å²) >= 11 is 0. The number of amides is 1. The van der Waals surface area contributed by atoms with Gasteiger partial charge in [0, 0.05) is 31.5 Å². The fourth-order valence-corrected chi connectivity index (χ4v) is 1.85. The molecule has 0 radical (unpaired) electrons. The molecule has 1 N–H and O–H groups in total. The van der Waals surface area contributed by atoms with E-state index in [1.165, 1.54) is 0 Å². The van der Waals surface area contributed by atoms with E-state index in [1.807, 2.05) is 20.8 Å². The number of ketones is 1. The van der Waals surface area contributed by atoms with E-state index in [2.05, 4.69) is 17.1 Å². The molecule has 0 saturated carbocycles. The predicted octanol–water partition coefficient (Wildman–Crippen LogP) is 1.34. The Morgan fingerprint density at radius 1 is 1.41 bits per heavy atom. The van der Waals surface area contributed by atoms with Crippen LogP contribution in [0.2, 0.25) is 0 Å². The number of piperidine rings is 1. The first-order valence-electron chi connectivity index (χ1n) is 6.43. The van der Waals surface area contributed by atoms with Gasteiger partial charge in [-0.2, -0.15) is 0 Å². The van der Waals surface area contributed by atoms with E-state index >= 15 is 0 Å². The topological polar surface area (TPSA) is 49.4 Å². The Hall–Kier alpha value is -0.900. The van der Waals surface area contributed by atoms with Crippen molar-refractivity contribution < 1.29 is 9.59 Å². The molecule has 0 aromatic rings. The summed E-state index contributed by atoms with van der Waals surface area (Å²) in [5.74, 6) is 0.369. The van der Waals surface area contributed by atoms with Crippen LogP contribution in [-0.4, -0.2) is 41.3 Å². The van der Waals surface area contributed by atoms with Crippen LogP contribution in [0.5, 0.6) is 0 Å². The first kappa shape index (κ1) is 14.2. The lowest BCUT2D eigenvalue weighted by Crippen LogP contribution is -2.53. The number of carbonyl (C=O) groups excluding carboxylic acids is 2. The zero-order valence-electron chi connectivity index (χ0n) is 11.4. The lowest BCUT2D eigenvalue weighted by atomic mass is 10.0. The Kier molecular flexibility index (Phi) is 4.69. The molecule has 1 rings (SSSR count). The van der Waals surface area contributed by atoms with Crippen molar-refractivity contribution in [1.82, 2.24) is 10.2 Å². The van der Waals surface area contributed by atoms with Crippen LogP contribution in [0.15, 0.2) is 0 Å². The third-order valence-corrected chi connectivity index (χ3v) is 3.63. The average molecular weight is 240 g/mol. The Morgan fingerprint density at radius 3 is 2.41 bits per heavy atom. The molecule has 0 aromatic carbocycles. The van der Waals surface area contributed by atoms with Gasteiger partial charge in [-0.25, -0.2) is 0 Å². The van der Waals surface area contributed by atoms with Crippen molar-refractivity contribution in [3.8, 4) is 0 Å². The highest BCUT2D eigenvalue weighted by Crippen LogP contribution is 2.12. The number of likely N-dealkylation sites (tertiary alicyclic amines) is 1. The Bertz CT molecular complexity index is 290. The maximum absolute atomic E-state index is 12.1. The molecule has 4 nitrogen and oxygen atoms in total. The number of Topliss-reactive ketones (excluding diaryl/α,β-unsaturated/α-hetero) is 1. The Morgan fingerprint density at radius 2 is 1.94 bits per heavy atom. The lowest BCUT2D eigenvalue weighted by Gasteiger charge is -2.33. The van der Waals surface area contributed by atoms with Crippen LogP contribution < -0.4 is 5.32 Å². The Labute approximate surface area is 104 Å². The van der Waals surface area contributed by atoms with Crippen LogP contribution in [0, 0.1) is 0 Å². The number of nitrogens with zero attached hydrogens (tertiary/aromatic N) is 1. The van der Waals surface area contributed by atoms with Crippen LogP contribution in [0.1, 0.15) is 47.0 Å². The van der Waals surface area contributed by atoms with Gasteiger partial charge in [0.05, 0.1) is 6.04 Å². The molecule has 0 aliphatic carbocycles. The second-order valence-corrected chi connectivity index (χ2v) is 5.48. The number of nitrogens with one attached hydrogen (secondary N) is 1. The van der Waals surface area contributed by atoms with Crippen molar-refractivity contribution in [2.45, 2.75) is 58.5 Å². The zero-order chi connectivity index (χ0) is 13.1. The average Bonchev–Trinajstić information content (AvgIpc) is 2.28. The first-order chi connectivity index (χ1) is 7.85. The van der Waals surface area contributed by atoms with Gasteiger partial charge >= 0.3 is 0 Å². The van der Waals surface area contributed by atoms with Gasteiger partial charge in [-0.3, -0.25) is 14.5 Å². The molecule has 1 aliphatic heterocycles. The minimum absolute atomic E-state index is 0.0613. The summed E-state index contributed by atoms with van der Waals surface area (Å²) in [6, 6.07) is -0.145. The van der Waals surface area contributed by atoms with Gasteiger partial charge in [-0.15, -0.1) is 0 Å². The zero-order valence-corrected chi connectivity index (χ0v) is 11.4. The van der Waals surface area contributed by atoms with Crippen LogP contribution in [-0.2, 0) is 9.59 Å². The highest BCUT2D eigenvalue weighted by atomic mass is 16.2. The summed E-state index contributed by atoms with van der Waals surface area (Å²) < 4.78 is 0. The minimum Gasteiger partial charge on any atom is -0.350 e. The van der Waals surface area contributed by atoms with Crippen LogP contribution in [0.4, 0.5) is 0 Å². The minimum atomic E-state index is -0.156. The lowest BCUT2D eigenvalue weighted by molar-refractivity contribution is -0.130. The summed E-state index contributed by atoms with van der Waals surface area (Å²) in [5.41, 5.74) is -0.156. The Balaban J connectivity index is 2.49. The molecule has 1 fully saturated rings. The maximum Gasteiger partial charge on any atom is 0.237 e. The monoisotopic (exact) mass is 240 g/mol. The predicted molar refractivity (Wildman–Crippen MR) is 67.8 cm³/mol. The molecule has 0 aromatic heterocycles. The van der Waals surface area contributed by atoms with E-state index in [0.29, 0.717) is 31.7 Å². The first-order valence-corrected chi connectivity index (χ1v) is 6.43. The van der Waals surface area contributed by atoms with Crippen molar-refractivity contribution in [2.24, 2.45) is 0 Å². The SMILES string of the molecule is CCC(C)(C)NC(=O)C(C)N1CCC(=O)CC1. The molecule has 1 saturated heterocycles. The quantitative estimate of drug-likeness (QED) is 0.807. The number of hydrogen-bond donors (Lipinski definition) is 1. The molecule has 1 heterocycles. The second kappa shape index (κ2) is 5.63. The van der Waals surface area contributed by atoms with Crippen LogP contribution in [0.25, 0.3) is 0 Å². The van der Waals surface area contributed by atoms with Crippen LogP contribution >= 0.6 is 0 Å². The molecular weight excluding hydrogens is 216 g/mol. The maximum atomic E-state index is 12.1. The number of hydrogen-bond acceptors (Lipinski definition) is 3. The second-order valence-electron chi connectivity index (χ2n) is 5.48. The van der Waals surface area contributed by atoms with Crippen LogP contribution in [0.3, 0.4) is 0 Å². The van der Waals surface area contributed by atoms with Gasteiger partial charge in [0.15, 0.2) is 0 Å². The van der Waals surface area contributed by atoms with E-state index in [9.17, 15) is 9.59 Å². The molecular formula is C13H24N2O2. The summed E-state index contributed by atoms with van der Waals surface area (Å²) in [5, 5.41) is 3.05. The molecule has 98 valence electrons. The highest BCUT2D eigenvalue weighted by molar-refractivity contribution is 5.83. The molecule has 4 heteroatoms. The molecule has 17 heavy (non-hydrogen) atoms. The summed E-state index contributed by atoms with van der Waals surface area (Å²) in [6.07, 6.45) is 2.06. The van der Waals surface area contributed by atoms with Crippen molar-refractivity contribution in [3.05, 3.63) is 0 Å². The van der Waals surface area contributed by atoms with Crippen molar-refractivity contribution in [1.29, 1.82) is 0 Å². The van der Waals surface area contributed by atoms with E-state index in [0.717, 1.165) is 6.42 Å². The summed E-state index contributed by atoms with van der Waals surface area (Å²) in [6.45, 7) is 9.44. The fraction of sp³-hybridized carbons (Fsp3) is 0.846. The highest BCUT2D eigenvalue weighted by Gasteiger charge is 2.28. The van der Waals surface area contributed by atoms with Gasteiger partial charge < -0.3 is 5.32 Å². The summed E-state index contributed by atoms with van der Waals surface area (Å²) in [4.78, 5) is 25.3. The van der Waals surface area contributed by atoms with Crippen molar-refractivity contribution >= 4 is 11.7 Å². The van der Waals surface area contributed by atoms with Gasteiger partial charge in [-0.05, 0) is 27.2 Å². The van der Waals surface area contributed by atoms with Crippen molar-refractivity contribution in [3.63, 3.8) is 0 Å². The fourth-order valence-electron chi connectivity index (χ4n) is 1.85. The molecule has 1 unspecified atom stereocenters. The molecule has 1 aliphatic rings. The number of rotatable bonds is 4. The molecule has 1 amide bonds. The largest absolute Gasteiger partial charge is 0.350 e. The third-order valence-electron chi connectivity index (χ3n) is 3.63. The van der Waals surface area contributed by atoms with Gasteiger partial charge in [0.25, 0.3) is 0 Å². The van der Waals surface area contributed by atoms with E-state index in [1.54, 1.807) is 0 Å². The molecule has 0 bridgehead atoms. The number of carbonyl (C=O) groups is 2. The van der Waals surface area contributed by atoms with Gasteiger partial charge in [-0.1, -0.05) is 6.92 Å². The third kappa shape index (κ3) is 4.11.